The second-order valence-electron chi connectivity index (χ2n) is 6.27. The standard InChI is InChI=1S/C19H14BrN5O5S/c1-31(28,29)19-23-17(22-11-12-5-3-2-4-6-12)16(25(26)27)18(24-19)30-15-8-13(10-21)7-14(20)9-15/h2-9H,11H2,1H3,(H,22,23,24). The fourth-order valence-corrected chi connectivity index (χ4v) is 3.50. The third-order valence-corrected chi connectivity index (χ3v) is 5.17. The first kappa shape index (κ1) is 22.1. The van der Waals surface area contributed by atoms with E-state index in [9.17, 15) is 18.5 Å². The van der Waals surface area contributed by atoms with Crippen molar-refractivity contribution >= 4 is 37.3 Å². The Morgan fingerprint density at radius 2 is 1.94 bits per heavy atom. The van der Waals surface area contributed by atoms with Gasteiger partial charge in [-0.25, -0.2) is 8.42 Å². The molecule has 0 saturated carbocycles. The third-order valence-electron chi connectivity index (χ3n) is 3.86. The van der Waals surface area contributed by atoms with Crippen LogP contribution in [0.1, 0.15) is 11.1 Å². The van der Waals surface area contributed by atoms with Crippen molar-refractivity contribution in [2.75, 3.05) is 11.6 Å². The number of ether oxygens (including phenoxy) is 1. The summed E-state index contributed by atoms with van der Waals surface area (Å²) >= 11 is 3.22. The zero-order chi connectivity index (χ0) is 22.6. The molecule has 0 aliphatic rings. The molecule has 0 radical (unpaired) electrons. The Bertz CT molecular complexity index is 1290. The first-order chi connectivity index (χ1) is 14.7. The maximum Gasteiger partial charge on any atom is 0.373 e. The average Bonchev–Trinajstić information content (AvgIpc) is 2.71. The van der Waals surface area contributed by atoms with Gasteiger partial charge in [0, 0.05) is 17.3 Å². The van der Waals surface area contributed by atoms with Crippen LogP contribution < -0.4 is 10.1 Å². The van der Waals surface area contributed by atoms with Crippen LogP contribution in [0.4, 0.5) is 11.5 Å². The van der Waals surface area contributed by atoms with Crippen molar-refractivity contribution in [2.24, 2.45) is 0 Å². The number of rotatable bonds is 7. The van der Waals surface area contributed by atoms with Crippen LogP contribution in [0.3, 0.4) is 0 Å². The molecule has 0 bridgehead atoms. The van der Waals surface area contributed by atoms with Crippen LogP contribution >= 0.6 is 15.9 Å². The van der Waals surface area contributed by atoms with Crippen LogP contribution in [0.2, 0.25) is 0 Å². The van der Waals surface area contributed by atoms with Crippen LogP contribution in [-0.4, -0.2) is 29.6 Å². The number of nitro groups is 1. The highest BCUT2D eigenvalue weighted by molar-refractivity contribution is 9.10. The van der Waals surface area contributed by atoms with Crippen molar-refractivity contribution in [3.63, 3.8) is 0 Å². The molecule has 0 fully saturated rings. The van der Waals surface area contributed by atoms with Crippen molar-refractivity contribution in [2.45, 2.75) is 11.7 Å². The molecular weight excluding hydrogens is 490 g/mol. The second kappa shape index (κ2) is 9.07. The minimum atomic E-state index is -3.91. The molecule has 0 aliphatic heterocycles. The minimum absolute atomic E-state index is 0.0567. The maximum absolute atomic E-state index is 12.1. The molecule has 158 valence electrons. The van der Waals surface area contributed by atoms with E-state index in [1.807, 2.05) is 12.1 Å². The van der Waals surface area contributed by atoms with Gasteiger partial charge in [0.2, 0.25) is 15.7 Å². The normalized spacial score (nSPS) is 10.9. The number of benzene rings is 2. The van der Waals surface area contributed by atoms with Gasteiger partial charge in [0.05, 0.1) is 16.6 Å². The summed E-state index contributed by atoms with van der Waals surface area (Å²) in [6, 6.07) is 15.2. The number of nitrogens with one attached hydrogen (secondary N) is 1. The molecule has 1 heterocycles. The Hall–Kier alpha value is -3.56. The molecule has 0 spiro atoms. The van der Waals surface area contributed by atoms with Crippen LogP contribution in [0.15, 0.2) is 58.2 Å². The Morgan fingerprint density at radius 1 is 1.23 bits per heavy atom. The quantitative estimate of drug-likeness (QED) is 0.288. The van der Waals surface area contributed by atoms with Gasteiger partial charge in [-0.2, -0.15) is 15.2 Å². The van der Waals surface area contributed by atoms with E-state index in [4.69, 9.17) is 10.00 Å². The maximum atomic E-state index is 12.1. The summed E-state index contributed by atoms with van der Waals surface area (Å²) in [4.78, 5) is 18.6. The lowest BCUT2D eigenvalue weighted by atomic mass is 10.2. The van der Waals surface area contributed by atoms with E-state index >= 15 is 0 Å². The fraction of sp³-hybridized carbons (Fsp3) is 0.105. The molecule has 0 atom stereocenters. The highest BCUT2D eigenvalue weighted by atomic mass is 79.9. The smallest absolute Gasteiger partial charge is 0.373 e. The van der Waals surface area contributed by atoms with Crippen LogP contribution in [0.5, 0.6) is 11.6 Å². The molecule has 1 aromatic heterocycles. The van der Waals surface area contributed by atoms with E-state index in [1.54, 1.807) is 24.3 Å². The van der Waals surface area contributed by atoms with E-state index in [-0.39, 0.29) is 23.7 Å². The predicted octanol–water partition coefficient (Wildman–Crippen LogP) is 3.83. The van der Waals surface area contributed by atoms with E-state index in [0.717, 1.165) is 11.8 Å². The van der Waals surface area contributed by atoms with E-state index in [1.165, 1.54) is 18.2 Å². The van der Waals surface area contributed by atoms with Gasteiger partial charge >= 0.3 is 11.6 Å². The number of aromatic nitrogens is 2. The lowest BCUT2D eigenvalue weighted by Gasteiger charge is -2.12. The second-order valence-corrected chi connectivity index (χ2v) is 9.09. The Balaban J connectivity index is 2.11. The number of halogens is 1. The lowest BCUT2D eigenvalue weighted by Crippen LogP contribution is -2.12. The van der Waals surface area contributed by atoms with Crippen molar-refractivity contribution in [3.8, 4) is 17.7 Å². The molecule has 0 saturated heterocycles. The van der Waals surface area contributed by atoms with Gasteiger partial charge in [0.1, 0.15) is 5.75 Å². The number of hydrogen-bond donors (Lipinski definition) is 1. The Morgan fingerprint density at radius 3 is 2.55 bits per heavy atom. The zero-order valence-corrected chi connectivity index (χ0v) is 18.3. The first-order valence-electron chi connectivity index (χ1n) is 8.60. The van der Waals surface area contributed by atoms with Crippen molar-refractivity contribution in [1.29, 1.82) is 5.26 Å². The Kier molecular flexibility index (Phi) is 6.47. The number of sulfone groups is 1. The summed E-state index contributed by atoms with van der Waals surface area (Å²) in [5.74, 6) is -0.825. The number of hydrogen-bond acceptors (Lipinski definition) is 9. The molecule has 0 aliphatic carbocycles. The van der Waals surface area contributed by atoms with Crippen molar-refractivity contribution in [1.82, 2.24) is 9.97 Å². The van der Waals surface area contributed by atoms with E-state index in [0.29, 0.717) is 4.47 Å². The molecule has 0 amide bonds. The minimum Gasteiger partial charge on any atom is -0.433 e. The van der Waals surface area contributed by atoms with Crippen LogP contribution in [0, 0.1) is 21.4 Å². The molecule has 3 aromatic rings. The predicted molar refractivity (Wildman–Crippen MR) is 114 cm³/mol. The molecule has 1 N–H and O–H groups in total. The number of nitrogens with zero attached hydrogens (tertiary/aromatic N) is 4. The topological polar surface area (TPSA) is 148 Å². The van der Waals surface area contributed by atoms with Gasteiger partial charge in [-0.3, -0.25) is 10.1 Å². The lowest BCUT2D eigenvalue weighted by molar-refractivity contribution is -0.385. The average molecular weight is 504 g/mol. The highest BCUT2D eigenvalue weighted by Gasteiger charge is 2.29. The third kappa shape index (κ3) is 5.53. The van der Waals surface area contributed by atoms with Gasteiger partial charge in [-0.1, -0.05) is 46.3 Å². The number of nitriles is 1. The Labute approximate surface area is 185 Å². The van der Waals surface area contributed by atoms with Crippen molar-refractivity contribution in [3.05, 3.63) is 74.2 Å². The molecule has 0 unspecified atom stereocenters. The monoisotopic (exact) mass is 503 g/mol. The summed E-state index contributed by atoms with van der Waals surface area (Å²) in [7, 11) is -3.91. The summed E-state index contributed by atoms with van der Waals surface area (Å²) < 4.78 is 30.2. The van der Waals surface area contributed by atoms with Gasteiger partial charge in [-0.05, 0) is 23.8 Å². The van der Waals surface area contributed by atoms with Gasteiger partial charge in [0.25, 0.3) is 5.16 Å². The van der Waals surface area contributed by atoms with Gasteiger partial charge < -0.3 is 10.1 Å². The molecular formula is C19H14BrN5O5S. The van der Waals surface area contributed by atoms with Crippen molar-refractivity contribution < 1.29 is 18.1 Å². The van der Waals surface area contributed by atoms with E-state index in [2.05, 4.69) is 31.2 Å². The number of anilines is 1. The summed E-state index contributed by atoms with van der Waals surface area (Å²) in [6.45, 7) is 0.150. The van der Waals surface area contributed by atoms with Gasteiger partial charge in [0.15, 0.2) is 0 Å². The highest BCUT2D eigenvalue weighted by Crippen LogP contribution is 2.36. The van der Waals surface area contributed by atoms with Crippen LogP contribution in [-0.2, 0) is 16.4 Å². The summed E-state index contributed by atoms with van der Waals surface area (Å²) in [6.07, 6.45) is 0.881. The van der Waals surface area contributed by atoms with Gasteiger partial charge in [-0.15, -0.1) is 0 Å². The summed E-state index contributed by atoms with van der Waals surface area (Å²) in [5, 5.41) is 23.1. The zero-order valence-electron chi connectivity index (χ0n) is 15.9. The molecule has 10 nitrogen and oxygen atoms in total. The largest absolute Gasteiger partial charge is 0.433 e. The summed E-state index contributed by atoms with van der Waals surface area (Å²) in [5.41, 5.74) is 0.387. The first-order valence-corrected chi connectivity index (χ1v) is 11.3. The molecule has 3 rings (SSSR count). The molecule has 31 heavy (non-hydrogen) atoms. The van der Waals surface area contributed by atoms with E-state index < -0.39 is 31.5 Å². The molecule has 2 aromatic carbocycles. The van der Waals surface area contributed by atoms with Crippen LogP contribution in [0.25, 0.3) is 0 Å². The fourth-order valence-electron chi connectivity index (χ4n) is 2.52. The SMILES string of the molecule is CS(=O)(=O)c1nc(NCc2ccccc2)c([N+](=O)[O-])c(Oc2cc(Br)cc(C#N)c2)n1. The molecule has 12 heteroatoms.